The summed E-state index contributed by atoms with van der Waals surface area (Å²) in [5.74, 6) is -0.304. The van der Waals surface area contributed by atoms with Gasteiger partial charge in [0.05, 0.1) is 13.7 Å². The molecule has 1 atom stereocenters. The highest BCUT2D eigenvalue weighted by molar-refractivity contribution is 5.74. The van der Waals surface area contributed by atoms with Crippen LogP contribution in [0.3, 0.4) is 0 Å². The third-order valence-electron chi connectivity index (χ3n) is 2.06. The molecule has 1 saturated heterocycles. The smallest absolute Gasteiger partial charge is 0.336 e. The average molecular weight is 188 g/mol. The molecule has 0 aromatic heterocycles. The molecule has 13 heavy (non-hydrogen) atoms. The number of ether oxygens (including phenoxy) is 2. The Morgan fingerprint density at radius 1 is 1.77 bits per heavy atom. The van der Waals surface area contributed by atoms with Crippen molar-refractivity contribution in [3.8, 4) is 0 Å². The molecule has 0 bridgehead atoms. The van der Waals surface area contributed by atoms with Gasteiger partial charge in [0.1, 0.15) is 0 Å². The van der Waals surface area contributed by atoms with Gasteiger partial charge in [-0.1, -0.05) is 0 Å². The molecule has 0 aliphatic carbocycles. The Balaban J connectivity index is 2.37. The zero-order valence-electron chi connectivity index (χ0n) is 7.86. The number of esters is 1. The topological polar surface area (TPSA) is 64.8 Å². The van der Waals surface area contributed by atoms with Crippen LogP contribution in [-0.4, -0.2) is 56.9 Å². The van der Waals surface area contributed by atoms with E-state index in [1.165, 1.54) is 7.11 Å². The quantitative estimate of drug-likeness (QED) is 0.565. The Kier molecular flexibility index (Phi) is 4.14. The molecule has 0 saturated carbocycles. The van der Waals surface area contributed by atoms with E-state index in [1.54, 1.807) is 0 Å². The van der Waals surface area contributed by atoms with Gasteiger partial charge in [-0.2, -0.15) is 0 Å². The van der Waals surface area contributed by atoms with Crippen LogP contribution in [0.1, 0.15) is 0 Å². The molecule has 0 aromatic carbocycles. The molecular formula is C8H16N2O3. The predicted octanol–water partition coefficient (Wildman–Crippen LogP) is -1.18. The number of rotatable bonds is 3. The van der Waals surface area contributed by atoms with Gasteiger partial charge in [0, 0.05) is 26.2 Å². The molecule has 1 aliphatic heterocycles. The molecule has 1 rings (SSSR count). The van der Waals surface area contributed by atoms with Crippen LogP contribution in [0.2, 0.25) is 0 Å². The van der Waals surface area contributed by atoms with Crippen molar-refractivity contribution in [2.45, 2.75) is 6.10 Å². The molecule has 0 aromatic rings. The lowest BCUT2D eigenvalue weighted by Gasteiger charge is -2.30. The summed E-state index contributed by atoms with van der Waals surface area (Å²) in [6, 6.07) is 0. The molecule has 1 aliphatic rings. The van der Waals surface area contributed by atoms with E-state index >= 15 is 0 Å². The molecule has 1 heterocycles. The monoisotopic (exact) mass is 188 g/mol. The van der Waals surface area contributed by atoms with Crippen molar-refractivity contribution in [2.24, 2.45) is 5.73 Å². The summed E-state index contributed by atoms with van der Waals surface area (Å²) in [5.41, 5.74) is 5.41. The van der Waals surface area contributed by atoms with Gasteiger partial charge >= 0.3 is 5.97 Å². The minimum atomic E-state index is -0.440. The molecule has 5 nitrogen and oxygen atoms in total. The SMILES string of the molecule is COC(=O)C1CN(CCN)CCO1. The van der Waals surface area contributed by atoms with E-state index < -0.39 is 6.10 Å². The van der Waals surface area contributed by atoms with E-state index in [0.29, 0.717) is 19.7 Å². The Morgan fingerprint density at radius 2 is 2.54 bits per heavy atom. The average Bonchev–Trinajstić information content (AvgIpc) is 2.18. The first-order valence-electron chi connectivity index (χ1n) is 4.39. The standard InChI is InChI=1S/C8H16N2O3/c1-12-8(11)7-6-10(3-2-9)4-5-13-7/h7H,2-6,9H2,1H3. The van der Waals surface area contributed by atoms with Gasteiger partial charge in [-0.25, -0.2) is 4.79 Å². The summed E-state index contributed by atoms with van der Waals surface area (Å²) < 4.78 is 9.84. The van der Waals surface area contributed by atoms with Crippen molar-refractivity contribution in [1.82, 2.24) is 4.90 Å². The van der Waals surface area contributed by atoms with Crippen molar-refractivity contribution in [1.29, 1.82) is 0 Å². The van der Waals surface area contributed by atoms with Gasteiger partial charge in [0.15, 0.2) is 6.10 Å². The summed E-state index contributed by atoms with van der Waals surface area (Å²) in [5, 5.41) is 0. The normalized spacial score (nSPS) is 24.3. The number of hydrogen-bond donors (Lipinski definition) is 1. The van der Waals surface area contributed by atoms with E-state index in [4.69, 9.17) is 10.5 Å². The minimum absolute atomic E-state index is 0.304. The lowest BCUT2D eigenvalue weighted by atomic mass is 10.2. The Morgan fingerprint density at radius 3 is 3.15 bits per heavy atom. The molecule has 76 valence electrons. The zero-order valence-corrected chi connectivity index (χ0v) is 7.86. The molecule has 1 unspecified atom stereocenters. The zero-order chi connectivity index (χ0) is 9.68. The van der Waals surface area contributed by atoms with Crippen molar-refractivity contribution >= 4 is 5.97 Å². The summed E-state index contributed by atoms with van der Waals surface area (Å²) >= 11 is 0. The van der Waals surface area contributed by atoms with Crippen molar-refractivity contribution in [3.05, 3.63) is 0 Å². The predicted molar refractivity (Wildman–Crippen MR) is 47.3 cm³/mol. The largest absolute Gasteiger partial charge is 0.467 e. The molecule has 0 amide bonds. The summed E-state index contributed by atoms with van der Waals surface area (Å²) in [6.07, 6.45) is -0.440. The van der Waals surface area contributed by atoms with E-state index in [1.807, 2.05) is 0 Å². The van der Waals surface area contributed by atoms with Crippen LogP contribution < -0.4 is 5.73 Å². The second-order valence-electron chi connectivity index (χ2n) is 2.97. The maximum absolute atomic E-state index is 11.1. The molecule has 1 fully saturated rings. The highest BCUT2D eigenvalue weighted by Crippen LogP contribution is 2.05. The van der Waals surface area contributed by atoms with Crippen molar-refractivity contribution < 1.29 is 14.3 Å². The molecule has 0 spiro atoms. The van der Waals surface area contributed by atoms with Gasteiger partial charge in [-0.15, -0.1) is 0 Å². The fourth-order valence-electron chi connectivity index (χ4n) is 1.36. The summed E-state index contributed by atoms with van der Waals surface area (Å²) in [4.78, 5) is 13.2. The molecular weight excluding hydrogens is 172 g/mol. The Hall–Kier alpha value is -0.650. The van der Waals surface area contributed by atoms with E-state index in [9.17, 15) is 4.79 Å². The van der Waals surface area contributed by atoms with Crippen LogP contribution >= 0.6 is 0 Å². The van der Waals surface area contributed by atoms with E-state index in [0.717, 1.165) is 13.1 Å². The first-order chi connectivity index (χ1) is 6.27. The number of carbonyl (C=O) groups excluding carboxylic acids is 1. The fraction of sp³-hybridized carbons (Fsp3) is 0.875. The van der Waals surface area contributed by atoms with Crippen LogP contribution in [0.25, 0.3) is 0 Å². The highest BCUT2D eigenvalue weighted by atomic mass is 16.6. The van der Waals surface area contributed by atoms with Crippen LogP contribution in [-0.2, 0) is 14.3 Å². The van der Waals surface area contributed by atoms with Crippen LogP contribution in [0.5, 0.6) is 0 Å². The van der Waals surface area contributed by atoms with Gasteiger partial charge in [-0.05, 0) is 0 Å². The first kappa shape index (κ1) is 10.4. The maximum atomic E-state index is 11.1. The fourth-order valence-corrected chi connectivity index (χ4v) is 1.36. The number of nitrogens with zero attached hydrogens (tertiary/aromatic N) is 1. The maximum Gasteiger partial charge on any atom is 0.336 e. The van der Waals surface area contributed by atoms with Crippen molar-refractivity contribution in [3.63, 3.8) is 0 Å². The summed E-state index contributed by atoms with van der Waals surface area (Å²) in [7, 11) is 1.37. The highest BCUT2D eigenvalue weighted by Gasteiger charge is 2.26. The molecule has 0 radical (unpaired) electrons. The van der Waals surface area contributed by atoms with Gasteiger partial charge in [0.2, 0.25) is 0 Å². The number of nitrogens with two attached hydrogens (primary N) is 1. The third-order valence-corrected chi connectivity index (χ3v) is 2.06. The Bertz CT molecular complexity index is 173. The van der Waals surface area contributed by atoms with Crippen LogP contribution in [0, 0.1) is 0 Å². The number of methoxy groups -OCH3 is 1. The van der Waals surface area contributed by atoms with E-state index in [-0.39, 0.29) is 5.97 Å². The Labute approximate surface area is 77.8 Å². The second-order valence-corrected chi connectivity index (χ2v) is 2.97. The lowest BCUT2D eigenvalue weighted by molar-refractivity contribution is -0.159. The molecule has 2 N–H and O–H groups in total. The number of carbonyl (C=O) groups is 1. The number of morpholine rings is 1. The minimum Gasteiger partial charge on any atom is -0.467 e. The summed E-state index contributed by atoms with van der Waals surface area (Å²) in [6.45, 7) is 3.40. The lowest BCUT2D eigenvalue weighted by Crippen LogP contribution is -2.47. The number of hydrogen-bond acceptors (Lipinski definition) is 5. The van der Waals surface area contributed by atoms with E-state index in [2.05, 4.69) is 9.64 Å². The van der Waals surface area contributed by atoms with Gasteiger partial charge in [-0.3, -0.25) is 4.90 Å². The van der Waals surface area contributed by atoms with Crippen molar-refractivity contribution in [2.75, 3.05) is 39.9 Å². The molecule has 5 heteroatoms. The van der Waals surface area contributed by atoms with Crippen LogP contribution in [0.4, 0.5) is 0 Å². The van der Waals surface area contributed by atoms with Gasteiger partial charge < -0.3 is 15.2 Å². The van der Waals surface area contributed by atoms with Crippen LogP contribution in [0.15, 0.2) is 0 Å². The third kappa shape index (κ3) is 2.95. The second kappa shape index (κ2) is 5.16. The first-order valence-corrected chi connectivity index (χ1v) is 4.39. The van der Waals surface area contributed by atoms with Gasteiger partial charge in [0.25, 0.3) is 0 Å².